The van der Waals surface area contributed by atoms with E-state index in [0.717, 1.165) is 13.1 Å². The van der Waals surface area contributed by atoms with Crippen LogP contribution < -0.4 is 0 Å². The molecule has 1 rings (SSSR count). The lowest BCUT2D eigenvalue weighted by Gasteiger charge is -2.25. The number of hydrogen-bond donors (Lipinski definition) is 1. The van der Waals surface area contributed by atoms with Gasteiger partial charge in [-0.3, -0.25) is 14.5 Å². The molecule has 1 aromatic rings. The number of phenolic OH excluding ortho intramolecular Hbond substituents is 1. The van der Waals surface area contributed by atoms with Gasteiger partial charge in [0.25, 0.3) is 0 Å². The largest absolute Gasteiger partial charge is 0.506 e. The smallest absolute Gasteiger partial charge is 0.224 e. The summed E-state index contributed by atoms with van der Waals surface area (Å²) in [5, 5.41) is 9.97. The normalized spacial score (nSPS) is 12.4. The summed E-state index contributed by atoms with van der Waals surface area (Å²) in [5.74, 6) is -0.363. The van der Waals surface area contributed by atoms with Gasteiger partial charge < -0.3 is 5.11 Å². The Morgan fingerprint density at radius 1 is 1.19 bits per heavy atom. The maximum atomic E-state index is 12.3. The van der Waals surface area contributed by atoms with E-state index < -0.39 is 0 Å². The minimum Gasteiger partial charge on any atom is -0.506 e. The average molecular weight is 309 g/mol. The maximum Gasteiger partial charge on any atom is 0.224 e. The zero-order valence-electron chi connectivity index (χ0n) is 13.0. The third kappa shape index (κ3) is 4.32. The van der Waals surface area contributed by atoms with Crippen molar-refractivity contribution in [3.05, 3.63) is 29.3 Å². The topological polar surface area (TPSA) is 57.6 Å². The highest BCUT2D eigenvalue weighted by Gasteiger charge is 2.21. The Balaban J connectivity index is 2.96. The maximum absolute atomic E-state index is 12.3. The fourth-order valence-electron chi connectivity index (χ4n) is 2.15. The molecule has 4 nitrogen and oxygen atoms in total. The molecule has 0 unspecified atom stereocenters. The fourth-order valence-corrected chi connectivity index (χ4v) is 3.20. The zero-order valence-corrected chi connectivity index (χ0v) is 13.9. The first-order valence-electron chi connectivity index (χ1n) is 7.26. The highest BCUT2D eigenvalue weighted by molar-refractivity contribution is 8.14. The van der Waals surface area contributed by atoms with Crippen LogP contribution in [0.15, 0.2) is 18.2 Å². The molecule has 5 heteroatoms. The lowest BCUT2D eigenvalue weighted by Crippen LogP contribution is -2.31. The Morgan fingerprint density at radius 2 is 1.76 bits per heavy atom. The highest BCUT2D eigenvalue weighted by atomic mass is 32.2. The molecular formula is C16H23NO3S. The molecule has 1 aromatic carbocycles. The molecule has 0 heterocycles. The number of rotatable bonds is 7. The summed E-state index contributed by atoms with van der Waals surface area (Å²) in [4.78, 5) is 26.2. The van der Waals surface area contributed by atoms with Crippen molar-refractivity contribution in [1.82, 2.24) is 4.90 Å². The van der Waals surface area contributed by atoms with Gasteiger partial charge in [0, 0.05) is 6.42 Å². The molecular weight excluding hydrogens is 286 g/mol. The zero-order chi connectivity index (χ0) is 16.0. The van der Waals surface area contributed by atoms with Gasteiger partial charge in [-0.2, -0.15) is 0 Å². The van der Waals surface area contributed by atoms with Crippen molar-refractivity contribution in [3.63, 3.8) is 0 Å². The summed E-state index contributed by atoms with van der Waals surface area (Å²) in [6.07, 6.45) is 0.300. The summed E-state index contributed by atoms with van der Waals surface area (Å²) in [6.45, 7) is 9.50. The molecule has 21 heavy (non-hydrogen) atoms. The van der Waals surface area contributed by atoms with Crippen molar-refractivity contribution in [2.24, 2.45) is 0 Å². The monoisotopic (exact) mass is 309 g/mol. The predicted molar refractivity (Wildman–Crippen MR) is 87.0 cm³/mol. The summed E-state index contributed by atoms with van der Waals surface area (Å²) in [7, 11) is 0. The van der Waals surface area contributed by atoms with Crippen molar-refractivity contribution in [2.75, 3.05) is 13.1 Å². The number of carbonyl (C=O) groups excluding carboxylic acids is 2. The molecule has 0 bridgehead atoms. The number of Topliss-reactive ketones (excluding diaryl/α,β-unsaturated/α-hetero) is 1. The minimum atomic E-state index is -0.211. The quantitative estimate of drug-likeness (QED) is 0.616. The molecule has 0 amide bonds. The number of benzene rings is 1. The first-order chi connectivity index (χ1) is 9.96. The molecule has 0 aliphatic heterocycles. The average Bonchev–Trinajstić information content (AvgIpc) is 2.47. The van der Waals surface area contributed by atoms with Crippen LogP contribution in [0.2, 0.25) is 0 Å². The van der Waals surface area contributed by atoms with Gasteiger partial charge in [-0.25, -0.2) is 0 Å². The number of phenols is 1. The van der Waals surface area contributed by atoms with Crippen LogP contribution in [0.3, 0.4) is 0 Å². The van der Waals surface area contributed by atoms with E-state index in [9.17, 15) is 14.7 Å². The Hall–Kier alpha value is -1.33. The molecule has 0 saturated carbocycles. The molecule has 1 atom stereocenters. The number of ketones is 1. The molecule has 0 saturated heterocycles. The number of para-hydroxylation sites is 1. The Kier molecular flexibility index (Phi) is 6.92. The van der Waals surface area contributed by atoms with Crippen LogP contribution in [0.1, 0.15) is 54.8 Å². The molecule has 0 aliphatic rings. The molecule has 0 aromatic heterocycles. The molecule has 1 N–H and O–H groups in total. The van der Waals surface area contributed by atoms with Gasteiger partial charge in [-0.15, -0.1) is 0 Å². The van der Waals surface area contributed by atoms with Gasteiger partial charge in [-0.05, 0) is 32.1 Å². The van der Waals surface area contributed by atoms with Crippen LogP contribution in [0, 0.1) is 0 Å². The highest BCUT2D eigenvalue weighted by Crippen LogP contribution is 2.29. The number of nitrogens with zero attached hydrogens (tertiary/aromatic N) is 1. The van der Waals surface area contributed by atoms with Crippen LogP contribution in [0.25, 0.3) is 0 Å². The predicted octanol–water partition coefficient (Wildman–Crippen LogP) is 3.55. The van der Waals surface area contributed by atoms with E-state index in [2.05, 4.69) is 4.90 Å². The number of hydrogen-bond acceptors (Lipinski definition) is 5. The van der Waals surface area contributed by atoms with E-state index in [1.165, 1.54) is 11.8 Å². The first-order valence-corrected chi connectivity index (χ1v) is 8.14. The van der Waals surface area contributed by atoms with Crippen molar-refractivity contribution in [3.8, 4) is 5.75 Å². The first kappa shape index (κ1) is 17.7. The molecule has 0 spiro atoms. The van der Waals surface area contributed by atoms with Crippen molar-refractivity contribution < 1.29 is 14.7 Å². The summed E-state index contributed by atoms with van der Waals surface area (Å²) < 4.78 is 0. The van der Waals surface area contributed by atoms with Gasteiger partial charge >= 0.3 is 0 Å². The van der Waals surface area contributed by atoms with Crippen LogP contribution in [-0.4, -0.2) is 39.4 Å². The second kappa shape index (κ2) is 8.20. The SMILES string of the molecule is CCC(=O)c1cccc(C(=O)S[C@@H](C)N(CC)CC)c1O. The van der Waals surface area contributed by atoms with E-state index in [0.29, 0.717) is 6.42 Å². The van der Waals surface area contributed by atoms with Gasteiger partial charge in [-0.1, -0.05) is 38.6 Å². The van der Waals surface area contributed by atoms with Crippen molar-refractivity contribution >= 4 is 22.7 Å². The van der Waals surface area contributed by atoms with Crippen LogP contribution in [-0.2, 0) is 0 Å². The van der Waals surface area contributed by atoms with E-state index in [1.807, 2.05) is 20.8 Å². The van der Waals surface area contributed by atoms with Gasteiger partial charge in [0.1, 0.15) is 5.75 Å². The standard InChI is InChI=1S/C16H23NO3S/c1-5-14(18)12-9-8-10-13(15(12)19)16(20)21-11(4)17(6-2)7-3/h8-11,19H,5-7H2,1-4H3/t11-/m0/s1. The van der Waals surface area contributed by atoms with Crippen LogP contribution in [0.4, 0.5) is 0 Å². The lowest BCUT2D eigenvalue weighted by atomic mass is 10.0. The molecule has 0 fully saturated rings. The summed E-state index contributed by atoms with van der Waals surface area (Å²) >= 11 is 1.17. The minimum absolute atomic E-state index is 0.0254. The Bertz CT molecular complexity index is 512. The summed E-state index contributed by atoms with van der Waals surface area (Å²) in [5.41, 5.74) is 0.428. The fraction of sp³-hybridized carbons (Fsp3) is 0.500. The van der Waals surface area contributed by atoms with Gasteiger partial charge in [0.15, 0.2) is 5.78 Å². The molecule has 116 valence electrons. The Labute approximate surface area is 130 Å². The second-order valence-corrected chi connectivity index (χ2v) is 5.99. The third-order valence-electron chi connectivity index (χ3n) is 3.48. The number of aromatic hydroxyl groups is 1. The number of thioether (sulfide) groups is 1. The van der Waals surface area contributed by atoms with E-state index >= 15 is 0 Å². The van der Waals surface area contributed by atoms with Crippen LogP contribution >= 0.6 is 11.8 Å². The molecule has 0 aliphatic carbocycles. The molecule has 0 radical (unpaired) electrons. The lowest BCUT2D eigenvalue weighted by molar-refractivity contribution is 0.0985. The second-order valence-electron chi connectivity index (χ2n) is 4.70. The van der Waals surface area contributed by atoms with Crippen molar-refractivity contribution in [1.29, 1.82) is 0 Å². The van der Waals surface area contributed by atoms with E-state index in [-0.39, 0.29) is 33.1 Å². The van der Waals surface area contributed by atoms with E-state index in [1.54, 1.807) is 25.1 Å². The third-order valence-corrected chi connectivity index (χ3v) is 4.55. The van der Waals surface area contributed by atoms with E-state index in [4.69, 9.17) is 0 Å². The number of carbonyl (C=O) groups is 2. The van der Waals surface area contributed by atoms with Crippen molar-refractivity contribution in [2.45, 2.75) is 39.5 Å². The van der Waals surface area contributed by atoms with Crippen LogP contribution in [0.5, 0.6) is 5.75 Å². The van der Waals surface area contributed by atoms with Gasteiger partial charge in [0.05, 0.1) is 16.5 Å². The van der Waals surface area contributed by atoms with Gasteiger partial charge in [0.2, 0.25) is 5.12 Å². The summed E-state index contributed by atoms with van der Waals surface area (Å²) in [6, 6.07) is 4.75. The Morgan fingerprint density at radius 3 is 2.29 bits per heavy atom.